The summed E-state index contributed by atoms with van der Waals surface area (Å²) in [5.74, 6) is -1.82. The van der Waals surface area contributed by atoms with E-state index in [1.54, 1.807) is 6.92 Å². The van der Waals surface area contributed by atoms with Crippen molar-refractivity contribution in [2.45, 2.75) is 25.1 Å². The molecule has 0 spiro atoms. The number of hydrogen-bond acceptors (Lipinski definition) is 2. The summed E-state index contributed by atoms with van der Waals surface area (Å²) in [6, 6.07) is 3.54. The number of carbonyl (C=O) groups excluding carboxylic acids is 1. The Bertz CT molecular complexity index is 376. The molecule has 94 valence electrons. The van der Waals surface area contributed by atoms with Crippen LogP contribution in [0.4, 0.5) is 8.78 Å². The number of halogens is 3. The van der Waals surface area contributed by atoms with Gasteiger partial charge in [0.15, 0.2) is 0 Å². The van der Waals surface area contributed by atoms with Crippen LogP contribution in [-0.2, 0) is 9.53 Å². The maximum atomic E-state index is 13.3. The molecule has 5 heteroatoms. The van der Waals surface area contributed by atoms with E-state index >= 15 is 0 Å². The molecule has 0 heterocycles. The van der Waals surface area contributed by atoms with Crippen molar-refractivity contribution in [1.82, 2.24) is 0 Å². The highest BCUT2D eigenvalue weighted by Crippen LogP contribution is 2.30. The van der Waals surface area contributed by atoms with E-state index in [-0.39, 0.29) is 25.0 Å². The maximum Gasteiger partial charge on any atom is 0.305 e. The number of rotatable bonds is 5. The van der Waals surface area contributed by atoms with E-state index in [2.05, 4.69) is 0 Å². The molecule has 0 saturated heterocycles. The smallest absolute Gasteiger partial charge is 0.305 e. The molecule has 1 aromatic rings. The van der Waals surface area contributed by atoms with E-state index in [1.165, 1.54) is 6.07 Å². The van der Waals surface area contributed by atoms with Crippen molar-refractivity contribution in [3.8, 4) is 0 Å². The third-order valence-corrected chi connectivity index (χ3v) is 2.66. The Kier molecular flexibility index (Phi) is 5.35. The average molecular weight is 263 g/mol. The van der Waals surface area contributed by atoms with Gasteiger partial charge in [-0.05, 0) is 25.5 Å². The van der Waals surface area contributed by atoms with Crippen LogP contribution in [0.2, 0.25) is 0 Å². The van der Waals surface area contributed by atoms with Gasteiger partial charge in [0.2, 0.25) is 0 Å². The monoisotopic (exact) mass is 262 g/mol. The molecule has 1 atom stereocenters. The topological polar surface area (TPSA) is 26.3 Å². The van der Waals surface area contributed by atoms with Crippen LogP contribution in [0.15, 0.2) is 18.2 Å². The minimum absolute atomic E-state index is 0.0375. The number of carbonyl (C=O) groups is 1. The Hall–Kier alpha value is -1.16. The molecule has 0 aliphatic rings. The molecular weight excluding hydrogens is 250 g/mol. The zero-order valence-electron chi connectivity index (χ0n) is 9.38. The summed E-state index contributed by atoms with van der Waals surface area (Å²) in [7, 11) is 0. The van der Waals surface area contributed by atoms with Gasteiger partial charge in [-0.2, -0.15) is 0 Å². The molecule has 1 aromatic carbocycles. The number of hydrogen-bond donors (Lipinski definition) is 0. The fourth-order valence-electron chi connectivity index (χ4n) is 1.43. The van der Waals surface area contributed by atoms with Crippen molar-refractivity contribution in [3.63, 3.8) is 0 Å². The zero-order chi connectivity index (χ0) is 12.8. The van der Waals surface area contributed by atoms with Gasteiger partial charge in [-0.15, -0.1) is 11.6 Å². The Morgan fingerprint density at radius 1 is 1.41 bits per heavy atom. The van der Waals surface area contributed by atoms with Crippen LogP contribution in [0.3, 0.4) is 0 Å². The molecule has 2 nitrogen and oxygen atoms in total. The average Bonchev–Trinajstić information content (AvgIpc) is 2.26. The first-order chi connectivity index (χ1) is 8.06. The Morgan fingerprint density at radius 2 is 2.00 bits per heavy atom. The summed E-state index contributed by atoms with van der Waals surface area (Å²) in [6.45, 7) is 1.96. The SMILES string of the molecule is CCOC(=O)CCC(Cl)c1c(F)cccc1F. The minimum Gasteiger partial charge on any atom is -0.466 e. The second kappa shape index (κ2) is 6.55. The fraction of sp³-hybridized carbons (Fsp3) is 0.417. The van der Waals surface area contributed by atoms with Crippen LogP contribution in [0, 0.1) is 11.6 Å². The summed E-state index contributed by atoms with van der Waals surface area (Å²) in [5, 5.41) is -0.874. The van der Waals surface area contributed by atoms with E-state index < -0.39 is 23.0 Å². The van der Waals surface area contributed by atoms with E-state index in [1.807, 2.05) is 0 Å². The van der Waals surface area contributed by atoms with Gasteiger partial charge < -0.3 is 4.74 Å². The van der Waals surface area contributed by atoms with Gasteiger partial charge in [-0.3, -0.25) is 4.79 Å². The lowest BCUT2D eigenvalue weighted by atomic mass is 10.1. The maximum absolute atomic E-state index is 13.3. The van der Waals surface area contributed by atoms with Gasteiger partial charge in [0.25, 0.3) is 0 Å². The summed E-state index contributed by atoms with van der Waals surface area (Å²) < 4.78 is 31.4. The normalized spacial score (nSPS) is 12.2. The van der Waals surface area contributed by atoms with Gasteiger partial charge in [-0.25, -0.2) is 8.78 Å². The molecule has 0 amide bonds. The highest BCUT2D eigenvalue weighted by Gasteiger charge is 2.19. The highest BCUT2D eigenvalue weighted by atomic mass is 35.5. The van der Waals surface area contributed by atoms with Crippen molar-refractivity contribution in [3.05, 3.63) is 35.4 Å². The van der Waals surface area contributed by atoms with E-state index in [9.17, 15) is 13.6 Å². The second-order valence-electron chi connectivity index (χ2n) is 3.45. The van der Waals surface area contributed by atoms with Crippen molar-refractivity contribution in [2.75, 3.05) is 6.61 Å². The summed E-state index contributed by atoms with van der Waals surface area (Å²) in [5.41, 5.74) is -0.196. The third-order valence-electron chi connectivity index (χ3n) is 2.22. The molecule has 1 unspecified atom stereocenters. The summed E-state index contributed by atoms with van der Waals surface area (Å²) in [4.78, 5) is 11.1. The molecule has 0 radical (unpaired) electrons. The lowest BCUT2D eigenvalue weighted by Crippen LogP contribution is -2.06. The van der Waals surface area contributed by atoms with E-state index in [4.69, 9.17) is 16.3 Å². The third kappa shape index (κ3) is 3.97. The Labute approximate surface area is 104 Å². The summed E-state index contributed by atoms with van der Waals surface area (Å²) in [6.07, 6.45) is 0.175. The van der Waals surface area contributed by atoms with Crippen LogP contribution in [0.25, 0.3) is 0 Å². The molecule has 0 aromatic heterocycles. The van der Waals surface area contributed by atoms with Gasteiger partial charge in [0.05, 0.1) is 12.0 Å². The van der Waals surface area contributed by atoms with Crippen LogP contribution < -0.4 is 0 Å². The second-order valence-corrected chi connectivity index (χ2v) is 3.97. The Morgan fingerprint density at radius 3 is 2.53 bits per heavy atom. The molecule has 0 fully saturated rings. The van der Waals surface area contributed by atoms with Crippen molar-refractivity contribution in [2.24, 2.45) is 0 Å². The van der Waals surface area contributed by atoms with Gasteiger partial charge in [0.1, 0.15) is 11.6 Å². The largest absolute Gasteiger partial charge is 0.466 e. The van der Waals surface area contributed by atoms with Crippen molar-refractivity contribution >= 4 is 17.6 Å². The van der Waals surface area contributed by atoms with E-state index in [0.717, 1.165) is 12.1 Å². The van der Waals surface area contributed by atoms with Crippen LogP contribution >= 0.6 is 11.6 Å². The highest BCUT2D eigenvalue weighted by molar-refractivity contribution is 6.20. The minimum atomic E-state index is -0.874. The fourth-order valence-corrected chi connectivity index (χ4v) is 1.75. The van der Waals surface area contributed by atoms with Gasteiger partial charge in [-0.1, -0.05) is 6.07 Å². The predicted octanol–water partition coefficient (Wildman–Crippen LogP) is 3.59. The van der Waals surface area contributed by atoms with Crippen LogP contribution in [0.1, 0.15) is 30.7 Å². The first-order valence-corrected chi connectivity index (χ1v) is 5.73. The standard InChI is InChI=1S/C12H13ClF2O2/c1-2-17-11(16)7-6-8(13)12-9(14)4-3-5-10(12)15/h3-5,8H,2,6-7H2,1H3. The van der Waals surface area contributed by atoms with Gasteiger partial charge in [0, 0.05) is 12.0 Å². The summed E-state index contributed by atoms with van der Waals surface area (Å²) >= 11 is 5.87. The van der Waals surface area contributed by atoms with Crippen LogP contribution in [-0.4, -0.2) is 12.6 Å². The molecule has 0 N–H and O–H groups in total. The van der Waals surface area contributed by atoms with Gasteiger partial charge >= 0.3 is 5.97 Å². The predicted molar refractivity (Wildman–Crippen MR) is 60.8 cm³/mol. The van der Waals surface area contributed by atoms with Crippen LogP contribution in [0.5, 0.6) is 0 Å². The lowest BCUT2D eigenvalue weighted by molar-refractivity contribution is -0.143. The zero-order valence-corrected chi connectivity index (χ0v) is 10.1. The number of benzene rings is 1. The number of esters is 1. The molecule has 17 heavy (non-hydrogen) atoms. The molecule has 1 rings (SSSR count). The first-order valence-electron chi connectivity index (χ1n) is 5.29. The number of alkyl halides is 1. The lowest BCUT2D eigenvalue weighted by Gasteiger charge is -2.11. The Balaban J connectivity index is 2.64. The van der Waals surface area contributed by atoms with Crippen molar-refractivity contribution < 1.29 is 18.3 Å². The molecular formula is C12H13ClF2O2. The molecule has 0 aliphatic carbocycles. The molecule has 0 aliphatic heterocycles. The number of ether oxygens (including phenoxy) is 1. The molecule has 0 saturated carbocycles. The quantitative estimate of drug-likeness (QED) is 0.599. The van der Waals surface area contributed by atoms with E-state index in [0.29, 0.717) is 0 Å². The molecule has 0 bridgehead atoms. The van der Waals surface area contributed by atoms with Crippen molar-refractivity contribution in [1.29, 1.82) is 0 Å². The first kappa shape index (κ1) is 13.9.